The van der Waals surface area contributed by atoms with Crippen molar-refractivity contribution in [3.63, 3.8) is 0 Å². The zero-order valence-electron chi connectivity index (χ0n) is 7.44. The molecule has 0 unspecified atom stereocenters. The molecule has 0 N–H and O–H groups in total. The number of nitrogens with zero attached hydrogens (tertiary/aromatic N) is 2. The van der Waals surface area contributed by atoms with Crippen LogP contribution in [-0.4, -0.2) is 4.98 Å². The summed E-state index contributed by atoms with van der Waals surface area (Å²) in [5.41, 5.74) is 2.35. The van der Waals surface area contributed by atoms with Crippen molar-refractivity contribution in [3.8, 4) is 17.3 Å². The summed E-state index contributed by atoms with van der Waals surface area (Å²) in [7, 11) is 0. The molecule has 1 aromatic carbocycles. The molecule has 0 spiro atoms. The van der Waals surface area contributed by atoms with E-state index in [0.29, 0.717) is 5.56 Å². The number of hydrogen-bond donors (Lipinski definition) is 0. The summed E-state index contributed by atoms with van der Waals surface area (Å²) >= 11 is 0. The van der Waals surface area contributed by atoms with Crippen LogP contribution >= 0.6 is 0 Å². The molecule has 1 heterocycles. The summed E-state index contributed by atoms with van der Waals surface area (Å²) in [6.45, 7) is 0. The first-order valence-electron chi connectivity index (χ1n) is 4.23. The van der Waals surface area contributed by atoms with E-state index < -0.39 is 0 Å². The van der Waals surface area contributed by atoms with Crippen LogP contribution in [0.5, 0.6) is 0 Å². The van der Waals surface area contributed by atoms with Crippen molar-refractivity contribution < 1.29 is 0 Å². The maximum Gasteiger partial charge on any atom is 0.101 e. The maximum absolute atomic E-state index is 8.60. The van der Waals surface area contributed by atoms with Gasteiger partial charge in [-0.05, 0) is 18.2 Å². The normalized spacial score (nSPS) is 9.36. The van der Waals surface area contributed by atoms with Crippen molar-refractivity contribution in [3.05, 3.63) is 54.2 Å². The highest BCUT2D eigenvalue weighted by molar-refractivity contribution is 5.58. The summed E-state index contributed by atoms with van der Waals surface area (Å²) in [4.78, 5) is 4.17. The van der Waals surface area contributed by atoms with Gasteiger partial charge in [-0.15, -0.1) is 0 Å². The summed E-state index contributed by atoms with van der Waals surface area (Å²) in [6.07, 6.45) is 1.57. The molecular weight excluding hydrogens is 172 g/mol. The largest absolute Gasteiger partial charge is 0.255 e. The van der Waals surface area contributed by atoms with Gasteiger partial charge in [0.2, 0.25) is 0 Å². The van der Waals surface area contributed by atoms with E-state index in [1.54, 1.807) is 12.3 Å². The van der Waals surface area contributed by atoms with E-state index >= 15 is 0 Å². The van der Waals surface area contributed by atoms with Gasteiger partial charge in [-0.25, -0.2) is 0 Å². The number of aromatic nitrogens is 1. The van der Waals surface area contributed by atoms with E-state index in [-0.39, 0.29) is 0 Å². The number of benzene rings is 1. The zero-order chi connectivity index (χ0) is 9.80. The van der Waals surface area contributed by atoms with Gasteiger partial charge in [-0.1, -0.05) is 24.3 Å². The summed E-state index contributed by atoms with van der Waals surface area (Å²) < 4.78 is 0. The Kier molecular flexibility index (Phi) is 2.24. The van der Waals surface area contributed by atoms with Gasteiger partial charge in [0.25, 0.3) is 0 Å². The lowest BCUT2D eigenvalue weighted by Gasteiger charge is -1.98. The average Bonchev–Trinajstić information content (AvgIpc) is 2.30. The summed E-state index contributed by atoms with van der Waals surface area (Å²) in [5.74, 6) is 0. The molecule has 0 aliphatic rings. The molecule has 0 atom stereocenters. The van der Waals surface area contributed by atoms with Crippen LogP contribution in [0.1, 0.15) is 5.56 Å². The molecule has 0 aliphatic heterocycles. The lowest BCUT2D eigenvalue weighted by molar-refractivity contribution is 1.30. The number of rotatable bonds is 1. The SMILES string of the molecule is N#Cc1ccc(-c2[c]cccc2)nc1. The first-order valence-corrected chi connectivity index (χ1v) is 4.23. The second-order valence-corrected chi connectivity index (χ2v) is 2.82. The molecular formula is C12H7N2. The molecule has 1 aromatic heterocycles. The van der Waals surface area contributed by atoms with Crippen molar-refractivity contribution >= 4 is 0 Å². The molecule has 2 nitrogen and oxygen atoms in total. The second-order valence-electron chi connectivity index (χ2n) is 2.82. The van der Waals surface area contributed by atoms with E-state index in [4.69, 9.17) is 5.26 Å². The molecule has 0 saturated heterocycles. The van der Waals surface area contributed by atoms with Crippen LogP contribution in [0.3, 0.4) is 0 Å². The molecule has 0 aliphatic carbocycles. The quantitative estimate of drug-likeness (QED) is 0.674. The molecule has 0 fully saturated rings. The van der Waals surface area contributed by atoms with Crippen molar-refractivity contribution in [2.45, 2.75) is 0 Å². The number of pyridine rings is 1. The van der Waals surface area contributed by atoms with E-state index in [0.717, 1.165) is 11.3 Å². The molecule has 0 bridgehead atoms. The van der Waals surface area contributed by atoms with Crippen LogP contribution in [0.4, 0.5) is 0 Å². The Morgan fingerprint density at radius 1 is 1.21 bits per heavy atom. The zero-order valence-corrected chi connectivity index (χ0v) is 7.44. The Bertz CT molecular complexity index is 452. The van der Waals surface area contributed by atoms with Gasteiger partial charge in [0.1, 0.15) is 6.07 Å². The van der Waals surface area contributed by atoms with Crippen molar-refractivity contribution in [1.82, 2.24) is 4.98 Å². The van der Waals surface area contributed by atoms with Crippen LogP contribution in [0, 0.1) is 17.4 Å². The van der Waals surface area contributed by atoms with Crippen LogP contribution in [0.25, 0.3) is 11.3 Å². The Morgan fingerprint density at radius 3 is 2.71 bits per heavy atom. The lowest BCUT2D eigenvalue weighted by Crippen LogP contribution is -1.83. The van der Waals surface area contributed by atoms with Crippen molar-refractivity contribution in [2.24, 2.45) is 0 Å². The highest BCUT2D eigenvalue weighted by Gasteiger charge is 1.97. The fraction of sp³-hybridized carbons (Fsp3) is 0. The molecule has 2 rings (SSSR count). The van der Waals surface area contributed by atoms with Gasteiger partial charge in [0.05, 0.1) is 11.3 Å². The standard InChI is InChI=1S/C12H7N2/c13-8-10-6-7-12(14-9-10)11-4-2-1-3-5-11/h1-4,6-7,9H. The maximum atomic E-state index is 8.60. The molecule has 14 heavy (non-hydrogen) atoms. The predicted octanol–water partition coefficient (Wildman–Crippen LogP) is 2.42. The van der Waals surface area contributed by atoms with Gasteiger partial charge >= 0.3 is 0 Å². The van der Waals surface area contributed by atoms with Crippen LogP contribution in [-0.2, 0) is 0 Å². The van der Waals surface area contributed by atoms with Crippen LogP contribution in [0.15, 0.2) is 42.6 Å². The summed E-state index contributed by atoms with van der Waals surface area (Å²) in [6, 6.07) is 16.3. The molecule has 1 radical (unpaired) electrons. The highest BCUT2D eigenvalue weighted by atomic mass is 14.7. The van der Waals surface area contributed by atoms with Gasteiger partial charge in [-0.2, -0.15) is 5.26 Å². The molecule has 2 aromatic rings. The lowest BCUT2D eigenvalue weighted by atomic mass is 10.1. The fourth-order valence-corrected chi connectivity index (χ4v) is 1.17. The first-order chi connectivity index (χ1) is 6.90. The average molecular weight is 179 g/mol. The van der Waals surface area contributed by atoms with E-state index in [1.165, 1.54) is 0 Å². The smallest absolute Gasteiger partial charge is 0.101 e. The topological polar surface area (TPSA) is 36.7 Å². The monoisotopic (exact) mass is 179 g/mol. The number of hydrogen-bond acceptors (Lipinski definition) is 2. The minimum atomic E-state index is 0.574. The van der Waals surface area contributed by atoms with E-state index in [1.807, 2.05) is 36.4 Å². The number of nitriles is 1. The summed E-state index contributed by atoms with van der Waals surface area (Å²) in [5, 5.41) is 8.60. The molecule has 0 saturated carbocycles. The highest BCUT2D eigenvalue weighted by Crippen LogP contribution is 2.14. The Labute approximate surface area is 82.5 Å². The van der Waals surface area contributed by atoms with Crippen molar-refractivity contribution in [1.29, 1.82) is 5.26 Å². The van der Waals surface area contributed by atoms with Crippen LogP contribution < -0.4 is 0 Å². The van der Waals surface area contributed by atoms with Crippen molar-refractivity contribution in [2.75, 3.05) is 0 Å². The third-order valence-electron chi connectivity index (χ3n) is 1.88. The molecule has 2 heteroatoms. The Balaban J connectivity index is 2.40. The van der Waals surface area contributed by atoms with Gasteiger partial charge in [0.15, 0.2) is 0 Å². The van der Waals surface area contributed by atoms with Gasteiger partial charge in [-0.3, -0.25) is 4.98 Å². The predicted molar refractivity (Wildman–Crippen MR) is 53.2 cm³/mol. The van der Waals surface area contributed by atoms with E-state index in [9.17, 15) is 0 Å². The third-order valence-corrected chi connectivity index (χ3v) is 1.88. The first kappa shape index (κ1) is 8.46. The molecule has 0 amide bonds. The van der Waals surface area contributed by atoms with E-state index in [2.05, 4.69) is 11.1 Å². The second kappa shape index (κ2) is 3.71. The third kappa shape index (κ3) is 1.62. The minimum absolute atomic E-state index is 0.574. The van der Waals surface area contributed by atoms with Gasteiger partial charge < -0.3 is 0 Å². The Morgan fingerprint density at radius 2 is 2.14 bits per heavy atom. The minimum Gasteiger partial charge on any atom is -0.255 e. The fourth-order valence-electron chi connectivity index (χ4n) is 1.17. The van der Waals surface area contributed by atoms with Gasteiger partial charge in [0, 0.05) is 11.8 Å². The molecule has 65 valence electrons. The van der Waals surface area contributed by atoms with Crippen LogP contribution in [0.2, 0.25) is 0 Å². The Hall–Kier alpha value is -2.14.